The molecule has 0 N–H and O–H groups in total. The van der Waals surface area contributed by atoms with Crippen LogP contribution in [-0.4, -0.2) is 6.61 Å². The fraction of sp³-hybridized carbons (Fsp3) is 0.417. The lowest BCUT2D eigenvalue weighted by Crippen LogP contribution is -1.91. The first-order valence-electron chi connectivity index (χ1n) is 4.78. The van der Waals surface area contributed by atoms with Crippen molar-refractivity contribution in [3.05, 3.63) is 36.8 Å². The third kappa shape index (κ3) is 3.49. The van der Waals surface area contributed by atoms with Crippen molar-refractivity contribution in [2.45, 2.75) is 26.2 Å². The Labute approximate surface area is 80.7 Å². The van der Waals surface area contributed by atoms with Gasteiger partial charge in [-0.3, -0.25) is 0 Å². The van der Waals surface area contributed by atoms with Crippen molar-refractivity contribution >= 4 is 0 Å². The molecule has 1 rings (SSSR count). The van der Waals surface area contributed by atoms with Crippen molar-refractivity contribution in [1.29, 1.82) is 0 Å². The van der Waals surface area contributed by atoms with Crippen LogP contribution in [0.3, 0.4) is 0 Å². The Hall–Kier alpha value is -0.980. The van der Waals surface area contributed by atoms with Gasteiger partial charge >= 0.3 is 0 Å². The molecule has 0 bridgehead atoms. The summed E-state index contributed by atoms with van der Waals surface area (Å²) in [5, 5.41) is 0. The van der Waals surface area contributed by atoms with Crippen LogP contribution >= 0.6 is 0 Å². The minimum atomic E-state index is 0.724. The van der Waals surface area contributed by atoms with E-state index in [1.165, 1.54) is 5.56 Å². The van der Waals surface area contributed by atoms with Gasteiger partial charge in [0.15, 0.2) is 0 Å². The molecule has 0 heterocycles. The second kappa shape index (κ2) is 5.63. The normalized spacial score (nSPS) is 10.0. The van der Waals surface area contributed by atoms with E-state index in [9.17, 15) is 0 Å². The number of ether oxygens (including phenoxy) is 1. The minimum absolute atomic E-state index is 0.724. The molecule has 0 aromatic heterocycles. The van der Waals surface area contributed by atoms with Crippen LogP contribution in [0, 0.1) is 6.92 Å². The highest BCUT2D eigenvalue weighted by atomic mass is 16.5. The fourth-order valence-electron chi connectivity index (χ4n) is 1.23. The summed E-state index contributed by atoms with van der Waals surface area (Å²) >= 11 is 0. The second-order valence-electron chi connectivity index (χ2n) is 2.97. The monoisotopic (exact) mass is 176 g/mol. The number of hydrogen-bond donors (Lipinski definition) is 0. The number of hydrogen-bond acceptors (Lipinski definition) is 1. The molecule has 1 heteroatoms. The van der Waals surface area contributed by atoms with Crippen molar-refractivity contribution in [2.75, 3.05) is 6.61 Å². The highest BCUT2D eigenvalue weighted by Gasteiger charge is 1.93. The summed E-state index contributed by atoms with van der Waals surface area (Å²) in [6.45, 7) is 8.14. The maximum Gasteiger partial charge on any atom is 0.119 e. The molecule has 0 amide bonds. The maximum atomic E-state index is 5.43. The Morgan fingerprint density at radius 2 is 1.92 bits per heavy atom. The molecule has 1 aromatic rings. The lowest BCUT2D eigenvalue weighted by molar-refractivity contribution is 0.340. The summed E-state index contributed by atoms with van der Waals surface area (Å²) in [7, 11) is 0. The summed E-state index contributed by atoms with van der Waals surface area (Å²) in [4.78, 5) is 0. The average molecular weight is 176 g/mol. The molecule has 0 unspecified atom stereocenters. The van der Waals surface area contributed by atoms with E-state index in [0.717, 1.165) is 31.6 Å². The molecule has 70 valence electrons. The van der Waals surface area contributed by atoms with E-state index >= 15 is 0 Å². The van der Waals surface area contributed by atoms with Gasteiger partial charge in [0.2, 0.25) is 0 Å². The zero-order chi connectivity index (χ0) is 9.52. The van der Waals surface area contributed by atoms with E-state index in [4.69, 9.17) is 11.7 Å². The van der Waals surface area contributed by atoms with Crippen LogP contribution in [0.4, 0.5) is 0 Å². The van der Waals surface area contributed by atoms with Gasteiger partial charge in [-0.05, 0) is 50.8 Å². The van der Waals surface area contributed by atoms with E-state index in [1.807, 2.05) is 19.1 Å². The number of unbranched alkanes of at least 4 members (excludes halogenated alkanes) is 1. The Bertz CT molecular complexity index is 225. The molecule has 0 saturated carbocycles. The first kappa shape index (κ1) is 10.1. The van der Waals surface area contributed by atoms with Crippen LogP contribution in [0.15, 0.2) is 24.3 Å². The molecule has 0 aliphatic carbocycles. The SMILES string of the molecule is [CH]CCCc1ccc(OCC)cc1. The van der Waals surface area contributed by atoms with Crippen LogP contribution in [0.5, 0.6) is 5.75 Å². The molecular weight excluding hydrogens is 160 g/mol. The number of benzene rings is 1. The van der Waals surface area contributed by atoms with Gasteiger partial charge in [-0.25, -0.2) is 0 Å². The van der Waals surface area contributed by atoms with E-state index in [1.54, 1.807) is 0 Å². The molecule has 0 aliphatic heterocycles. The van der Waals surface area contributed by atoms with Gasteiger partial charge < -0.3 is 4.74 Å². The van der Waals surface area contributed by atoms with E-state index in [0.29, 0.717) is 0 Å². The summed E-state index contributed by atoms with van der Waals surface area (Å²) < 4.78 is 5.34. The molecule has 0 spiro atoms. The lowest BCUT2D eigenvalue weighted by Gasteiger charge is -2.04. The third-order valence-electron chi connectivity index (χ3n) is 1.90. The summed E-state index contributed by atoms with van der Waals surface area (Å²) in [5.74, 6) is 0.944. The van der Waals surface area contributed by atoms with Crippen molar-refractivity contribution in [3.63, 3.8) is 0 Å². The molecule has 0 fully saturated rings. The largest absolute Gasteiger partial charge is 0.494 e. The van der Waals surface area contributed by atoms with Gasteiger partial charge in [0.1, 0.15) is 5.75 Å². The summed E-state index contributed by atoms with van der Waals surface area (Å²) in [6.07, 6.45) is 2.87. The van der Waals surface area contributed by atoms with Crippen molar-refractivity contribution in [2.24, 2.45) is 0 Å². The van der Waals surface area contributed by atoms with Crippen molar-refractivity contribution in [1.82, 2.24) is 0 Å². The Morgan fingerprint density at radius 1 is 1.23 bits per heavy atom. The first-order valence-corrected chi connectivity index (χ1v) is 4.78. The molecule has 2 radical (unpaired) electrons. The van der Waals surface area contributed by atoms with Gasteiger partial charge in [0.25, 0.3) is 0 Å². The van der Waals surface area contributed by atoms with Gasteiger partial charge in [-0.2, -0.15) is 0 Å². The van der Waals surface area contributed by atoms with Crippen molar-refractivity contribution < 1.29 is 4.74 Å². The van der Waals surface area contributed by atoms with E-state index < -0.39 is 0 Å². The third-order valence-corrected chi connectivity index (χ3v) is 1.90. The molecule has 13 heavy (non-hydrogen) atoms. The molecule has 0 saturated heterocycles. The van der Waals surface area contributed by atoms with Crippen LogP contribution in [-0.2, 0) is 6.42 Å². The number of rotatable bonds is 5. The molecule has 1 nitrogen and oxygen atoms in total. The van der Waals surface area contributed by atoms with Crippen LogP contribution in [0.2, 0.25) is 0 Å². The van der Waals surface area contributed by atoms with E-state index in [-0.39, 0.29) is 0 Å². The van der Waals surface area contributed by atoms with Gasteiger partial charge in [0.05, 0.1) is 6.61 Å². The first-order chi connectivity index (χ1) is 6.36. The lowest BCUT2D eigenvalue weighted by atomic mass is 10.1. The summed E-state index contributed by atoms with van der Waals surface area (Å²) in [5.41, 5.74) is 1.33. The highest BCUT2D eigenvalue weighted by molar-refractivity contribution is 5.27. The standard InChI is InChI=1S/C12H16O/c1-3-5-6-11-7-9-12(10-8-11)13-4-2/h1,7-10H,3-6H2,2H3. The molecule has 0 aliphatic rings. The predicted octanol–water partition coefficient (Wildman–Crippen LogP) is 3.12. The highest BCUT2D eigenvalue weighted by Crippen LogP contribution is 2.13. The van der Waals surface area contributed by atoms with Crippen molar-refractivity contribution in [3.8, 4) is 5.75 Å². The van der Waals surface area contributed by atoms with Gasteiger partial charge in [-0.1, -0.05) is 12.1 Å². The van der Waals surface area contributed by atoms with Crippen LogP contribution < -0.4 is 4.74 Å². The Morgan fingerprint density at radius 3 is 2.46 bits per heavy atom. The number of aryl methyl sites for hydroxylation is 1. The van der Waals surface area contributed by atoms with Crippen LogP contribution in [0.1, 0.15) is 25.3 Å². The Kier molecular flexibility index (Phi) is 4.37. The molecular formula is C12H16O. The van der Waals surface area contributed by atoms with Crippen LogP contribution in [0.25, 0.3) is 0 Å². The fourth-order valence-corrected chi connectivity index (χ4v) is 1.23. The zero-order valence-electron chi connectivity index (χ0n) is 8.12. The quantitative estimate of drug-likeness (QED) is 0.669. The van der Waals surface area contributed by atoms with Gasteiger partial charge in [0, 0.05) is 0 Å². The maximum absolute atomic E-state index is 5.43. The smallest absolute Gasteiger partial charge is 0.119 e. The molecule has 0 atom stereocenters. The zero-order valence-corrected chi connectivity index (χ0v) is 8.12. The second-order valence-corrected chi connectivity index (χ2v) is 2.97. The molecule has 1 aromatic carbocycles. The summed E-state index contributed by atoms with van der Waals surface area (Å²) in [6, 6.07) is 8.21. The van der Waals surface area contributed by atoms with Gasteiger partial charge in [-0.15, -0.1) is 0 Å². The topological polar surface area (TPSA) is 9.23 Å². The average Bonchev–Trinajstić information content (AvgIpc) is 2.17. The Balaban J connectivity index is 2.48. The van der Waals surface area contributed by atoms with E-state index in [2.05, 4.69) is 12.1 Å². The minimum Gasteiger partial charge on any atom is -0.494 e. The predicted molar refractivity (Wildman–Crippen MR) is 54.8 cm³/mol.